The van der Waals surface area contributed by atoms with Crippen LogP contribution in [0.1, 0.15) is 25.8 Å². The Hall–Kier alpha value is -2.62. The summed E-state index contributed by atoms with van der Waals surface area (Å²) in [5.41, 5.74) is 2.92. The lowest BCUT2D eigenvalue weighted by Crippen LogP contribution is -2.31. The van der Waals surface area contributed by atoms with E-state index in [1.807, 2.05) is 29.2 Å². The van der Waals surface area contributed by atoms with Gasteiger partial charge in [-0.15, -0.1) is 0 Å². The molecule has 0 unspecified atom stereocenters. The predicted octanol–water partition coefficient (Wildman–Crippen LogP) is 3.91. The Kier molecular flexibility index (Phi) is 4.15. The van der Waals surface area contributed by atoms with Crippen molar-refractivity contribution in [3.63, 3.8) is 0 Å². The third-order valence-electron chi connectivity index (χ3n) is 3.92. The van der Waals surface area contributed by atoms with E-state index in [0.717, 1.165) is 17.7 Å². The van der Waals surface area contributed by atoms with Gasteiger partial charge in [0.2, 0.25) is 0 Å². The molecule has 2 aromatic rings. The van der Waals surface area contributed by atoms with Crippen LogP contribution in [0.2, 0.25) is 0 Å². The number of hydrogen-bond acceptors (Lipinski definition) is 3. The maximum Gasteiger partial charge on any atom is 0.277 e. The van der Waals surface area contributed by atoms with E-state index >= 15 is 0 Å². The third kappa shape index (κ3) is 3.11. The molecule has 1 aliphatic rings. The Bertz CT molecular complexity index is 748. The van der Waals surface area contributed by atoms with Crippen molar-refractivity contribution in [2.45, 2.75) is 20.3 Å². The van der Waals surface area contributed by atoms with Gasteiger partial charge in [-0.25, -0.2) is 4.99 Å². The molecular formula is C19H20N2O2. The van der Waals surface area contributed by atoms with Gasteiger partial charge in [0.25, 0.3) is 5.91 Å². The van der Waals surface area contributed by atoms with E-state index < -0.39 is 0 Å². The van der Waals surface area contributed by atoms with Crippen molar-refractivity contribution in [3.8, 4) is 5.75 Å². The fourth-order valence-electron chi connectivity index (χ4n) is 2.64. The van der Waals surface area contributed by atoms with Crippen molar-refractivity contribution in [2.75, 3.05) is 11.4 Å². The molecule has 23 heavy (non-hydrogen) atoms. The topological polar surface area (TPSA) is 52.9 Å². The minimum absolute atomic E-state index is 0.0556. The molecular weight excluding hydrogens is 288 g/mol. The lowest BCUT2D eigenvalue weighted by molar-refractivity contribution is -0.112. The van der Waals surface area contributed by atoms with Gasteiger partial charge in [-0.1, -0.05) is 32.0 Å². The summed E-state index contributed by atoms with van der Waals surface area (Å²) in [7, 11) is 0. The Morgan fingerprint density at radius 3 is 2.48 bits per heavy atom. The molecule has 0 atom stereocenters. The lowest BCUT2D eigenvalue weighted by atomic mass is 10.1. The standard InChI is InChI=1S/C19H20N2O2/c1-13(2)11-12-21-17-6-4-3-5-16(17)18(19(21)23)20-14-7-9-15(22)10-8-14/h3-10,13,22H,11-12H2,1-2H3. The zero-order valence-corrected chi connectivity index (χ0v) is 13.4. The second kappa shape index (κ2) is 6.24. The number of anilines is 1. The number of carbonyl (C=O) groups excluding carboxylic acids is 1. The van der Waals surface area contributed by atoms with Crippen molar-refractivity contribution in [2.24, 2.45) is 10.9 Å². The highest BCUT2D eigenvalue weighted by molar-refractivity contribution is 6.54. The minimum atomic E-state index is -0.0556. The lowest BCUT2D eigenvalue weighted by Gasteiger charge is -2.17. The van der Waals surface area contributed by atoms with Gasteiger partial charge in [-0.3, -0.25) is 4.79 Å². The maximum absolute atomic E-state index is 12.8. The Labute approximate surface area is 136 Å². The van der Waals surface area contributed by atoms with Gasteiger partial charge in [-0.2, -0.15) is 0 Å². The van der Waals surface area contributed by atoms with Crippen LogP contribution < -0.4 is 4.90 Å². The van der Waals surface area contributed by atoms with Gasteiger partial charge in [0.15, 0.2) is 0 Å². The molecule has 4 heteroatoms. The predicted molar refractivity (Wildman–Crippen MR) is 92.6 cm³/mol. The molecule has 118 valence electrons. The highest BCUT2D eigenvalue weighted by Crippen LogP contribution is 2.31. The van der Waals surface area contributed by atoms with Crippen LogP contribution in [0.3, 0.4) is 0 Å². The van der Waals surface area contributed by atoms with Gasteiger partial charge in [0, 0.05) is 12.1 Å². The van der Waals surface area contributed by atoms with Crippen LogP contribution >= 0.6 is 0 Å². The first-order valence-corrected chi connectivity index (χ1v) is 7.85. The average Bonchev–Trinajstić information content (AvgIpc) is 2.80. The molecule has 0 fully saturated rings. The van der Waals surface area contributed by atoms with Crippen LogP contribution in [0, 0.1) is 5.92 Å². The number of aliphatic imine (C=N–C) groups is 1. The molecule has 0 saturated carbocycles. The van der Waals surface area contributed by atoms with Crippen LogP contribution in [0.15, 0.2) is 53.5 Å². The number of amides is 1. The molecule has 1 N–H and O–H groups in total. The van der Waals surface area contributed by atoms with Crippen molar-refractivity contribution in [3.05, 3.63) is 54.1 Å². The van der Waals surface area contributed by atoms with Gasteiger partial charge >= 0.3 is 0 Å². The highest BCUT2D eigenvalue weighted by Gasteiger charge is 2.33. The summed E-state index contributed by atoms with van der Waals surface area (Å²) in [6.07, 6.45) is 0.951. The molecule has 1 amide bonds. The van der Waals surface area contributed by atoms with E-state index in [-0.39, 0.29) is 11.7 Å². The van der Waals surface area contributed by atoms with E-state index in [4.69, 9.17) is 0 Å². The number of phenolic OH excluding ortho intramolecular Hbond substituents is 1. The summed E-state index contributed by atoms with van der Waals surface area (Å²) >= 11 is 0. The monoisotopic (exact) mass is 308 g/mol. The summed E-state index contributed by atoms with van der Waals surface area (Å²) in [6.45, 7) is 5.00. The molecule has 0 bridgehead atoms. The van der Waals surface area contributed by atoms with Crippen LogP contribution in [0.5, 0.6) is 5.75 Å². The summed E-state index contributed by atoms with van der Waals surface area (Å²) in [4.78, 5) is 19.1. The number of fused-ring (bicyclic) bond motifs is 1. The van der Waals surface area contributed by atoms with Crippen molar-refractivity contribution < 1.29 is 9.90 Å². The molecule has 0 radical (unpaired) electrons. The second-order valence-electron chi connectivity index (χ2n) is 6.13. The van der Waals surface area contributed by atoms with E-state index in [1.54, 1.807) is 24.3 Å². The van der Waals surface area contributed by atoms with Crippen LogP contribution in [0.4, 0.5) is 11.4 Å². The van der Waals surface area contributed by atoms with Crippen molar-refractivity contribution in [1.29, 1.82) is 0 Å². The van der Waals surface area contributed by atoms with Crippen LogP contribution in [-0.2, 0) is 4.79 Å². The molecule has 0 aromatic heterocycles. The number of carbonyl (C=O) groups is 1. The van der Waals surface area contributed by atoms with Gasteiger partial charge in [-0.05, 0) is 42.7 Å². The average molecular weight is 308 g/mol. The first kappa shape index (κ1) is 15.3. The first-order chi connectivity index (χ1) is 11.1. The summed E-state index contributed by atoms with van der Waals surface area (Å²) in [5.74, 6) is 0.665. The highest BCUT2D eigenvalue weighted by atomic mass is 16.3. The van der Waals surface area contributed by atoms with Crippen molar-refractivity contribution in [1.82, 2.24) is 0 Å². The smallest absolute Gasteiger partial charge is 0.277 e. The zero-order valence-electron chi connectivity index (χ0n) is 13.4. The number of nitrogens with zero attached hydrogens (tertiary/aromatic N) is 2. The van der Waals surface area contributed by atoms with E-state index in [0.29, 0.717) is 23.9 Å². The number of phenols is 1. The molecule has 2 aromatic carbocycles. The van der Waals surface area contributed by atoms with Crippen LogP contribution in [0.25, 0.3) is 0 Å². The van der Waals surface area contributed by atoms with E-state index in [2.05, 4.69) is 18.8 Å². The van der Waals surface area contributed by atoms with Gasteiger partial charge in [0.05, 0.1) is 11.4 Å². The normalized spacial score (nSPS) is 15.5. The molecule has 1 heterocycles. The minimum Gasteiger partial charge on any atom is -0.508 e. The number of rotatable bonds is 4. The molecule has 4 nitrogen and oxygen atoms in total. The van der Waals surface area contributed by atoms with E-state index in [1.165, 1.54) is 0 Å². The Morgan fingerprint density at radius 2 is 1.78 bits per heavy atom. The SMILES string of the molecule is CC(C)CCN1C(=O)C(=Nc2ccc(O)cc2)c2ccccc21. The van der Waals surface area contributed by atoms with Crippen molar-refractivity contribution >= 4 is 23.0 Å². The molecule has 0 saturated heterocycles. The zero-order chi connectivity index (χ0) is 16.4. The number of benzene rings is 2. The second-order valence-corrected chi connectivity index (χ2v) is 6.13. The fraction of sp³-hybridized carbons (Fsp3) is 0.263. The fourth-order valence-corrected chi connectivity index (χ4v) is 2.64. The summed E-state index contributed by atoms with van der Waals surface area (Å²) in [6, 6.07) is 14.3. The largest absolute Gasteiger partial charge is 0.508 e. The van der Waals surface area contributed by atoms with E-state index in [9.17, 15) is 9.90 Å². The maximum atomic E-state index is 12.8. The number of para-hydroxylation sites is 1. The Balaban J connectivity index is 1.98. The molecule has 0 spiro atoms. The Morgan fingerprint density at radius 1 is 1.09 bits per heavy atom. The van der Waals surface area contributed by atoms with Gasteiger partial charge in [0.1, 0.15) is 11.5 Å². The van der Waals surface area contributed by atoms with Crippen LogP contribution in [-0.4, -0.2) is 23.3 Å². The summed E-state index contributed by atoms with van der Waals surface area (Å²) in [5, 5.41) is 9.37. The van der Waals surface area contributed by atoms with Gasteiger partial charge < -0.3 is 10.0 Å². The molecule has 3 rings (SSSR count). The number of aromatic hydroxyl groups is 1. The quantitative estimate of drug-likeness (QED) is 0.931. The summed E-state index contributed by atoms with van der Waals surface area (Å²) < 4.78 is 0. The third-order valence-corrected chi connectivity index (χ3v) is 3.92. The molecule has 1 aliphatic heterocycles. The first-order valence-electron chi connectivity index (χ1n) is 7.85. The molecule has 0 aliphatic carbocycles. The number of hydrogen-bond donors (Lipinski definition) is 1.